The molecule has 2 rings (SSSR count). The minimum absolute atomic E-state index is 0. The number of rotatable bonds is 3. The van der Waals surface area contributed by atoms with Crippen LogP contribution in [-0.4, -0.2) is 84.9 Å². The van der Waals surface area contributed by atoms with Gasteiger partial charge in [-0.05, 0) is 13.8 Å². The van der Waals surface area contributed by atoms with Gasteiger partial charge in [0.05, 0.1) is 12.7 Å². The van der Waals surface area contributed by atoms with Crippen molar-refractivity contribution in [3.8, 4) is 0 Å². The summed E-state index contributed by atoms with van der Waals surface area (Å²) in [6.07, 6.45) is -0.653. The van der Waals surface area contributed by atoms with E-state index in [9.17, 15) is 9.90 Å². The van der Waals surface area contributed by atoms with Gasteiger partial charge in [-0.2, -0.15) is 0 Å². The molecule has 3 unspecified atom stereocenters. The highest BCUT2D eigenvalue weighted by atomic mass is 35.5. The van der Waals surface area contributed by atoms with Crippen molar-refractivity contribution in [3.05, 3.63) is 0 Å². The number of ether oxygens (including phenoxy) is 1. The Bertz CT molecular complexity index is 315. The molecule has 1 amide bonds. The highest BCUT2D eigenvalue weighted by molar-refractivity contribution is 5.85. The number of carbonyl (C=O) groups is 1. The van der Waals surface area contributed by atoms with E-state index in [0.717, 1.165) is 19.6 Å². The molecular weight excluding hydrogens is 317 g/mol. The van der Waals surface area contributed by atoms with Gasteiger partial charge < -0.3 is 20.1 Å². The number of nitrogens with zero attached hydrogens (tertiary/aromatic N) is 2. The Kier molecular flexibility index (Phi) is 9.76. The second kappa shape index (κ2) is 9.82. The molecule has 0 saturated carbocycles. The second-order valence-corrected chi connectivity index (χ2v) is 5.54. The minimum Gasteiger partial charge on any atom is -0.392 e. The topological polar surface area (TPSA) is 65.0 Å². The molecule has 0 aromatic carbocycles. The lowest BCUT2D eigenvalue weighted by Gasteiger charge is -2.41. The second-order valence-electron chi connectivity index (χ2n) is 5.54. The summed E-state index contributed by atoms with van der Waals surface area (Å²) in [5.41, 5.74) is 0. The third-order valence-corrected chi connectivity index (χ3v) is 3.78. The average molecular weight is 344 g/mol. The van der Waals surface area contributed by atoms with Crippen LogP contribution in [0.2, 0.25) is 0 Å². The first kappa shape index (κ1) is 20.9. The van der Waals surface area contributed by atoms with Crippen LogP contribution < -0.4 is 5.32 Å². The maximum absolute atomic E-state index is 12.3. The smallest absolute Gasteiger partial charge is 0.253 e. The van der Waals surface area contributed by atoms with E-state index in [-0.39, 0.29) is 49.0 Å². The lowest BCUT2D eigenvalue weighted by molar-refractivity contribution is -0.148. The van der Waals surface area contributed by atoms with Crippen LogP contribution in [0.1, 0.15) is 13.8 Å². The minimum atomic E-state index is -0.329. The Morgan fingerprint density at radius 1 is 1.43 bits per heavy atom. The number of hydrogen-bond acceptors (Lipinski definition) is 5. The van der Waals surface area contributed by atoms with Gasteiger partial charge in [0.25, 0.3) is 5.91 Å². The Hall–Kier alpha value is -0.110. The highest BCUT2D eigenvalue weighted by Gasteiger charge is 2.32. The molecule has 0 radical (unpaired) electrons. The molecule has 2 heterocycles. The largest absolute Gasteiger partial charge is 0.392 e. The van der Waals surface area contributed by atoms with Crippen LogP contribution in [0.4, 0.5) is 0 Å². The van der Waals surface area contributed by atoms with Gasteiger partial charge in [-0.25, -0.2) is 0 Å². The van der Waals surface area contributed by atoms with Crippen LogP contribution in [0, 0.1) is 0 Å². The Labute approximate surface area is 139 Å². The SMILES string of the molecule is CC(O)CN1CCN(C(=O)C2CNCCO2)CC1C.Cl.Cl. The molecule has 0 aliphatic carbocycles. The number of carbonyl (C=O) groups excluding carboxylic acids is 1. The zero-order chi connectivity index (χ0) is 13.8. The molecule has 2 aliphatic heterocycles. The van der Waals surface area contributed by atoms with Crippen LogP contribution in [0.5, 0.6) is 0 Å². The van der Waals surface area contributed by atoms with Crippen molar-refractivity contribution in [2.24, 2.45) is 0 Å². The molecule has 21 heavy (non-hydrogen) atoms. The van der Waals surface area contributed by atoms with E-state index in [1.165, 1.54) is 0 Å². The van der Waals surface area contributed by atoms with Gasteiger partial charge >= 0.3 is 0 Å². The van der Waals surface area contributed by atoms with Crippen LogP contribution in [0.15, 0.2) is 0 Å². The maximum atomic E-state index is 12.3. The zero-order valence-corrected chi connectivity index (χ0v) is 14.3. The molecule has 0 aromatic heterocycles. The summed E-state index contributed by atoms with van der Waals surface area (Å²) in [5.74, 6) is 0.0933. The van der Waals surface area contributed by atoms with E-state index in [1.807, 2.05) is 4.90 Å². The fraction of sp³-hybridized carbons (Fsp3) is 0.923. The van der Waals surface area contributed by atoms with Gasteiger partial charge in [-0.15, -0.1) is 24.8 Å². The van der Waals surface area contributed by atoms with Crippen molar-refractivity contribution in [2.45, 2.75) is 32.1 Å². The summed E-state index contributed by atoms with van der Waals surface area (Å²) in [6.45, 7) is 8.86. The third-order valence-electron chi connectivity index (χ3n) is 3.78. The van der Waals surface area contributed by atoms with Crippen molar-refractivity contribution in [1.82, 2.24) is 15.1 Å². The number of β-amino-alcohol motifs (C(OH)–C–C–N with tert-alkyl or cyclic N) is 1. The number of halogens is 2. The first-order valence-corrected chi connectivity index (χ1v) is 7.11. The van der Waals surface area contributed by atoms with E-state index in [1.54, 1.807) is 6.92 Å². The van der Waals surface area contributed by atoms with Crippen LogP contribution >= 0.6 is 24.8 Å². The van der Waals surface area contributed by atoms with E-state index in [2.05, 4.69) is 17.1 Å². The number of nitrogens with one attached hydrogen (secondary N) is 1. The summed E-state index contributed by atoms with van der Waals surface area (Å²) < 4.78 is 5.51. The van der Waals surface area contributed by atoms with E-state index < -0.39 is 0 Å². The summed E-state index contributed by atoms with van der Waals surface area (Å²) in [4.78, 5) is 16.4. The van der Waals surface area contributed by atoms with Crippen LogP contribution in [-0.2, 0) is 9.53 Å². The van der Waals surface area contributed by atoms with E-state index in [4.69, 9.17) is 4.74 Å². The molecular formula is C13H27Cl2N3O3. The molecule has 126 valence electrons. The van der Waals surface area contributed by atoms with Crippen molar-refractivity contribution in [2.75, 3.05) is 45.9 Å². The van der Waals surface area contributed by atoms with E-state index in [0.29, 0.717) is 26.2 Å². The zero-order valence-electron chi connectivity index (χ0n) is 12.7. The van der Waals surface area contributed by atoms with Crippen molar-refractivity contribution in [3.63, 3.8) is 0 Å². The van der Waals surface area contributed by atoms with Crippen LogP contribution in [0.3, 0.4) is 0 Å². The highest BCUT2D eigenvalue weighted by Crippen LogP contribution is 2.12. The molecule has 0 bridgehead atoms. The third kappa shape index (κ3) is 5.88. The maximum Gasteiger partial charge on any atom is 0.253 e. The van der Waals surface area contributed by atoms with Gasteiger partial charge in [0, 0.05) is 45.3 Å². The fourth-order valence-corrected chi connectivity index (χ4v) is 2.73. The monoisotopic (exact) mass is 343 g/mol. The average Bonchev–Trinajstić information content (AvgIpc) is 2.41. The molecule has 2 aliphatic rings. The molecule has 0 aromatic rings. The molecule has 2 N–H and O–H groups in total. The van der Waals surface area contributed by atoms with E-state index >= 15 is 0 Å². The van der Waals surface area contributed by atoms with Crippen molar-refractivity contribution in [1.29, 1.82) is 0 Å². The molecule has 2 fully saturated rings. The summed E-state index contributed by atoms with van der Waals surface area (Å²) in [7, 11) is 0. The number of piperazine rings is 1. The molecule has 2 saturated heterocycles. The Morgan fingerprint density at radius 2 is 2.14 bits per heavy atom. The van der Waals surface area contributed by atoms with Gasteiger partial charge in [-0.1, -0.05) is 0 Å². The quantitative estimate of drug-likeness (QED) is 0.738. The first-order chi connectivity index (χ1) is 9.08. The number of aliphatic hydroxyl groups is 1. The summed E-state index contributed by atoms with van der Waals surface area (Å²) in [5, 5.41) is 12.6. The first-order valence-electron chi connectivity index (χ1n) is 7.11. The van der Waals surface area contributed by atoms with Crippen LogP contribution in [0.25, 0.3) is 0 Å². The van der Waals surface area contributed by atoms with Crippen molar-refractivity contribution < 1.29 is 14.6 Å². The van der Waals surface area contributed by atoms with Gasteiger partial charge in [-0.3, -0.25) is 9.69 Å². The molecule has 8 heteroatoms. The van der Waals surface area contributed by atoms with Gasteiger partial charge in [0.2, 0.25) is 0 Å². The Morgan fingerprint density at radius 3 is 2.67 bits per heavy atom. The standard InChI is InChI=1S/C13H25N3O3.2ClH/c1-10-8-16(5-4-15(10)9-11(2)17)13(18)12-7-14-3-6-19-12;;/h10-12,14,17H,3-9H2,1-2H3;2*1H. The normalized spacial score (nSPS) is 28.2. The molecule has 3 atom stereocenters. The predicted octanol–water partition coefficient (Wildman–Crippen LogP) is -0.268. The lowest BCUT2D eigenvalue weighted by Crippen LogP contribution is -2.58. The number of amides is 1. The Balaban J connectivity index is 0.00000200. The van der Waals surface area contributed by atoms with Gasteiger partial charge in [0.15, 0.2) is 0 Å². The fourth-order valence-electron chi connectivity index (χ4n) is 2.73. The summed E-state index contributed by atoms with van der Waals surface area (Å²) >= 11 is 0. The number of hydrogen-bond donors (Lipinski definition) is 2. The summed E-state index contributed by atoms with van der Waals surface area (Å²) in [6, 6.07) is 0.281. The number of aliphatic hydroxyl groups excluding tert-OH is 1. The number of morpholine rings is 1. The molecule has 0 spiro atoms. The van der Waals surface area contributed by atoms with Crippen molar-refractivity contribution >= 4 is 30.7 Å². The molecule has 6 nitrogen and oxygen atoms in total. The lowest BCUT2D eigenvalue weighted by atomic mass is 10.1. The van der Waals surface area contributed by atoms with Gasteiger partial charge in [0.1, 0.15) is 6.10 Å². The predicted molar refractivity (Wildman–Crippen MR) is 86.4 cm³/mol.